The quantitative estimate of drug-likeness (QED) is 0.772. The van der Waals surface area contributed by atoms with Gasteiger partial charge in [-0.25, -0.2) is 8.42 Å². The number of rotatable bonds is 6. The van der Waals surface area contributed by atoms with Crippen molar-refractivity contribution in [3.8, 4) is 0 Å². The fourth-order valence-electron chi connectivity index (χ4n) is 2.39. The van der Waals surface area contributed by atoms with Gasteiger partial charge in [0.05, 0.1) is 18.0 Å². The van der Waals surface area contributed by atoms with Crippen LogP contribution in [-0.2, 0) is 14.8 Å². The summed E-state index contributed by atoms with van der Waals surface area (Å²) in [7, 11) is -3.60. The average Bonchev–Trinajstić information content (AvgIpc) is 2.53. The summed E-state index contributed by atoms with van der Waals surface area (Å²) in [5.74, 6) is -0.366. The minimum Gasteiger partial charge on any atom is -0.348 e. The zero-order valence-electron chi connectivity index (χ0n) is 14.4. The van der Waals surface area contributed by atoms with E-state index in [4.69, 9.17) is 0 Å². The second-order valence-electron chi connectivity index (χ2n) is 5.92. The number of anilines is 1. The summed E-state index contributed by atoms with van der Waals surface area (Å²) in [5, 5.41) is 2.85. The van der Waals surface area contributed by atoms with Gasteiger partial charge in [0, 0.05) is 4.47 Å². The first-order chi connectivity index (χ1) is 11.7. The van der Waals surface area contributed by atoms with E-state index in [1.165, 1.54) is 0 Å². The van der Waals surface area contributed by atoms with Crippen LogP contribution in [0.2, 0.25) is 0 Å². The highest BCUT2D eigenvalue weighted by molar-refractivity contribution is 9.10. The third-order valence-corrected chi connectivity index (χ3v) is 5.56. The topological polar surface area (TPSA) is 66.5 Å². The van der Waals surface area contributed by atoms with Crippen molar-refractivity contribution in [3.63, 3.8) is 0 Å². The summed E-state index contributed by atoms with van der Waals surface area (Å²) in [6.07, 6.45) is 1.09. The van der Waals surface area contributed by atoms with Crippen molar-refractivity contribution in [2.75, 3.05) is 17.1 Å². The zero-order valence-corrected chi connectivity index (χ0v) is 16.8. The first-order valence-corrected chi connectivity index (χ1v) is 10.4. The van der Waals surface area contributed by atoms with Gasteiger partial charge in [-0.15, -0.1) is 0 Å². The first kappa shape index (κ1) is 19.5. The summed E-state index contributed by atoms with van der Waals surface area (Å²) in [4.78, 5) is 12.4. The second-order valence-corrected chi connectivity index (χ2v) is 8.68. The lowest BCUT2D eigenvalue weighted by Crippen LogP contribution is -2.41. The SMILES string of the molecule is Cc1ccc([C@@H](C)NC(=O)CN(c2ccccc2Br)S(C)(=O)=O)cc1. The molecule has 7 heteroatoms. The third kappa shape index (κ3) is 5.31. The largest absolute Gasteiger partial charge is 0.348 e. The minimum absolute atomic E-state index is 0.214. The van der Waals surface area contributed by atoms with E-state index in [1.54, 1.807) is 24.3 Å². The Balaban J connectivity index is 2.15. The molecule has 2 aromatic carbocycles. The molecule has 2 aromatic rings. The van der Waals surface area contributed by atoms with E-state index in [2.05, 4.69) is 21.2 Å². The normalized spacial score (nSPS) is 12.5. The lowest BCUT2D eigenvalue weighted by Gasteiger charge is -2.24. The Hall–Kier alpha value is -1.86. The zero-order chi connectivity index (χ0) is 18.6. The summed E-state index contributed by atoms with van der Waals surface area (Å²) in [6.45, 7) is 3.58. The molecule has 1 atom stereocenters. The maximum Gasteiger partial charge on any atom is 0.241 e. The highest BCUT2D eigenvalue weighted by Gasteiger charge is 2.23. The van der Waals surface area contributed by atoms with Gasteiger partial charge in [-0.3, -0.25) is 9.10 Å². The number of benzene rings is 2. The molecule has 0 radical (unpaired) electrons. The van der Waals surface area contributed by atoms with Crippen LogP contribution >= 0.6 is 15.9 Å². The van der Waals surface area contributed by atoms with E-state index >= 15 is 0 Å². The van der Waals surface area contributed by atoms with Crippen LogP contribution in [0.15, 0.2) is 53.0 Å². The van der Waals surface area contributed by atoms with Crippen molar-refractivity contribution >= 4 is 37.5 Å². The smallest absolute Gasteiger partial charge is 0.241 e. The molecule has 0 bridgehead atoms. The van der Waals surface area contributed by atoms with Gasteiger partial charge in [0.1, 0.15) is 6.54 Å². The Bertz CT molecular complexity index is 851. The van der Waals surface area contributed by atoms with Crippen molar-refractivity contribution in [2.24, 2.45) is 0 Å². The number of para-hydroxylation sites is 1. The second kappa shape index (κ2) is 8.01. The van der Waals surface area contributed by atoms with Crippen LogP contribution in [0.4, 0.5) is 5.69 Å². The summed E-state index contributed by atoms with van der Waals surface area (Å²) in [6, 6.07) is 14.5. The highest BCUT2D eigenvalue weighted by Crippen LogP contribution is 2.27. The molecule has 25 heavy (non-hydrogen) atoms. The molecule has 0 fully saturated rings. The van der Waals surface area contributed by atoms with Crippen LogP contribution in [0.25, 0.3) is 0 Å². The van der Waals surface area contributed by atoms with Crippen LogP contribution in [0, 0.1) is 6.92 Å². The molecule has 1 N–H and O–H groups in total. The van der Waals surface area contributed by atoms with Gasteiger partial charge in [0.25, 0.3) is 0 Å². The number of amides is 1. The molecular formula is C18H21BrN2O3S. The number of sulfonamides is 1. The van der Waals surface area contributed by atoms with E-state index in [0.717, 1.165) is 21.7 Å². The maximum atomic E-state index is 12.4. The predicted octanol–water partition coefficient (Wildman–Crippen LogP) is 3.40. The van der Waals surface area contributed by atoms with E-state index in [0.29, 0.717) is 10.2 Å². The molecule has 1 amide bonds. The highest BCUT2D eigenvalue weighted by atomic mass is 79.9. The average molecular weight is 425 g/mol. The number of nitrogens with one attached hydrogen (secondary N) is 1. The first-order valence-electron chi connectivity index (χ1n) is 7.76. The third-order valence-electron chi connectivity index (χ3n) is 3.76. The minimum atomic E-state index is -3.60. The van der Waals surface area contributed by atoms with Crippen LogP contribution in [-0.4, -0.2) is 27.1 Å². The van der Waals surface area contributed by atoms with E-state index in [-0.39, 0.29) is 18.5 Å². The van der Waals surface area contributed by atoms with Gasteiger partial charge in [-0.2, -0.15) is 0 Å². The standard InChI is InChI=1S/C18H21BrN2O3S/c1-13-8-10-15(11-9-13)14(2)20-18(22)12-21(25(3,23)24)17-7-5-4-6-16(17)19/h4-11,14H,12H2,1-3H3,(H,20,22)/t14-/m1/s1. The maximum absolute atomic E-state index is 12.4. The Morgan fingerprint density at radius 2 is 1.76 bits per heavy atom. The molecule has 0 saturated carbocycles. The molecule has 0 unspecified atom stereocenters. The van der Waals surface area contributed by atoms with Crippen molar-refractivity contribution < 1.29 is 13.2 Å². The molecule has 2 rings (SSSR count). The molecule has 0 aliphatic heterocycles. The lowest BCUT2D eigenvalue weighted by atomic mass is 10.1. The van der Waals surface area contributed by atoms with Gasteiger partial charge in [0.15, 0.2) is 0 Å². The van der Waals surface area contributed by atoms with Crippen LogP contribution in [0.3, 0.4) is 0 Å². The monoisotopic (exact) mass is 424 g/mol. The Kier molecular flexibility index (Phi) is 6.24. The molecule has 0 aliphatic rings. The number of hydrogen-bond acceptors (Lipinski definition) is 3. The lowest BCUT2D eigenvalue weighted by molar-refractivity contribution is -0.120. The van der Waals surface area contributed by atoms with Crippen LogP contribution in [0.5, 0.6) is 0 Å². The molecule has 0 heterocycles. The molecule has 5 nitrogen and oxygen atoms in total. The van der Waals surface area contributed by atoms with Gasteiger partial charge in [0.2, 0.25) is 15.9 Å². The molecule has 0 aromatic heterocycles. The van der Waals surface area contributed by atoms with Gasteiger partial charge in [-0.05, 0) is 47.5 Å². The Labute approximate surface area is 157 Å². The summed E-state index contributed by atoms with van der Waals surface area (Å²) >= 11 is 3.34. The Morgan fingerprint density at radius 1 is 1.16 bits per heavy atom. The van der Waals surface area contributed by atoms with Gasteiger partial charge in [-0.1, -0.05) is 42.0 Å². The predicted molar refractivity (Wildman–Crippen MR) is 104 cm³/mol. The number of carbonyl (C=O) groups is 1. The summed E-state index contributed by atoms with van der Waals surface area (Å²) in [5.41, 5.74) is 2.54. The fourth-order valence-corrected chi connectivity index (χ4v) is 3.88. The van der Waals surface area contributed by atoms with Crippen molar-refractivity contribution in [3.05, 3.63) is 64.1 Å². The molecular weight excluding hydrogens is 404 g/mol. The van der Waals surface area contributed by atoms with Crippen molar-refractivity contribution in [2.45, 2.75) is 19.9 Å². The number of carbonyl (C=O) groups excluding carboxylic acids is 1. The number of aryl methyl sites for hydroxylation is 1. The van der Waals surface area contributed by atoms with Crippen molar-refractivity contribution in [1.82, 2.24) is 5.32 Å². The molecule has 0 spiro atoms. The van der Waals surface area contributed by atoms with Crippen LogP contribution in [0.1, 0.15) is 24.1 Å². The number of nitrogens with zero attached hydrogens (tertiary/aromatic N) is 1. The van der Waals surface area contributed by atoms with Gasteiger partial charge < -0.3 is 5.32 Å². The van der Waals surface area contributed by atoms with Crippen molar-refractivity contribution in [1.29, 1.82) is 0 Å². The number of halogens is 1. The molecule has 134 valence electrons. The number of hydrogen-bond donors (Lipinski definition) is 1. The fraction of sp³-hybridized carbons (Fsp3) is 0.278. The van der Waals surface area contributed by atoms with E-state index in [1.807, 2.05) is 38.1 Å². The van der Waals surface area contributed by atoms with E-state index < -0.39 is 10.0 Å². The van der Waals surface area contributed by atoms with Crippen LogP contribution < -0.4 is 9.62 Å². The van der Waals surface area contributed by atoms with Gasteiger partial charge >= 0.3 is 0 Å². The Morgan fingerprint density at radius 3 is 2.32 bits per heavy atom. The summed E-state index contributed by atoms with van der Waals surface area (Å²) < 4.78 is 26.0. The molecule has 0 aliphatic carbocycles. The molecule has 0 saturated heterocycles. The van der Waals surface area contributed by atoms with E-state index in [9.17, 15) is 13.2 Å².